The lowest BCUT2D eigenvalue weighted by Crippen LogP contribution is -2.47. The highest BCUT2D eigenvalue weighted by atomic mass is 35.5. The van der Waals surface area contributed by atoms with E-state index < -0.39 is 16.2 Å². The molecule has 1 unspecified atom stereocenters. The van der Waals surface area contributed by atoms with Gasteiger partial charge < -0.3 is 5.32 Å². The van der Waals surface area contributed by atoms with E-state index in [4.69, 9.17) is 11.6 Å². The summed E-state index contributed by atoms with van der Waals surface area (Å²) in [4.78, 5) is 55.5. The number of carbonyl (C=O) groups is 3. The van der Waals surface area contributed by atoms with Gasteiger partial charge in [-0.1, -0.05) is 35.9 Å². The van der Waals surface area contributed by atoms with Crippen LogP contribution in [0.1, 0.15) is 40.7 Å². The first-order valence-electron chi connectivity index (χ1n) is 12.2. The Bertz CT molecular complexity index is 1720. The van der Waals surface area contributed by atoms with E-state index in [1.165, 1.54) is 23.1 Å². The number of amides is 1. The van der Waals surface area contributed by atoms with Gasteiger partial charge in [0.25, 0.3) is 11.6 Å². The summed E-state index contributed by atoms with van der Waals surface area (Å²) in [5.41, 5.74) is 1.47. The van der Waals surface area contributed by atoms with E-state index in [9.17, 15) is 24.5 Å². The largest absolute Gasteiger partial charge is 0.354 e. The van der Waals surface area contributed by atoms with Crippen LogP contribution in [-0.4, -0.2) is 22.4 Å². The Balaban J connectivity index is 1.61. The second kappa shape index (κ2) is 7.72. The Morgan fingerprint density at radius 3 is 2.39 bits per heavy atom. The third-order valence-electron chi connectivity index (χ3n) is 7.81. The number of anilines is 2. The highest BCUT2D eigenvalue weighted by Crippen LogP contribution is 2.60. The average Bonchev–Trinajstić information content (AvgIpc) is 3.34. The minimum atomic E-state index is -1.83. The van der Waals surface area contributed by atoms with Crippen molar-refractivity contribution in [3.63, 3.8) is 0 Å². The lowest BCUT2D eigenvalue weighted by atomic mass is 9.63. The molecule has 2 heterocycles. The maximum Gasteiger partial charge on any atom is 0.269 e. The molecule has 0 radical (unpaired) electrons. The third kappa shape index (κ3) is 2.72. The van der Waals surface area contributed by atoms with E-state index in [0.717, 1.165) is 0 Å². The number of hydrogen-bond acceptors (Lipinski definition) is 6. The summed E-state index contributed by atoms with van der Waals surface area (Å²) in [5.74, 6) is -1.13. The van der Waals surface area contributed by atoms with E-state index in [1.807, 2.05) is 0 Å². The van der Waals surface area contributed by atoms with Crippen molar-refractivity contribution in [3.05, 3.63) is 115 Å². The molecule has 38 heavy (non-hydrogen) atoms. The molecule has 2 aliphatic carbocycles. The number of nitrogens with zero attached hydrogens (tertiary/aromatic N) is 2. The van der Waals surface area contributed by atoms with Crippen LogP contribution in [0.25, 0.3) is 5.70 Å². The summed E-state index contributed by atoms with van der Waals surface area (Å²) in [7, 11) is 0. The molecule has 4 aliphatic rings. The van der Waals surface area contributed by atoms with Crippen molar-refractivity contribution < 1.29 is 19.3 Å². The number of carbonyl (C=O) groups excluding carboxylic acids is 3. The molecule has 0 bridgehead atoms. The molecular weight excluding hydrogens is 506 g/mol. The van der Waals surface area contributed by atoms with Crippen LogP contribution in [0, 0.1) is 10.1 Å². The standard InChI is InChI=1S/C29H18ClN3O5/c30-15-8-10-16(11-9-15)32-22-6-3-7-23(34)24(22)29(28(32)36)20-14-17(33(37)38)12-13-21(20)31-26-18-4-1-2-5-19(18)27(35)25(26)29/h1-2,4-5,8-14,31H,3,6-7H2. The fourth-order valence-corrected chi connectivity index (χ4v) is 6.45. The van der Waals surface area contributed by atoms with Crippen molar-refractivity contribution in [2.45, 2.75) is 24.7 Å². The number of fused-ring (bicyclic) bond motifs is 6. The van der Waals surface area contributed by atoms with Gasteiger partial charge in [0.15, 0.2) is 11.6 Å². The first-order chi connectivity index (χ1) is 18.3. The fourth-order valence-electron chi connectivity index (χ4n) is 6.32. The molecule has 1 atom stereocenters. The highest BCUT2D eigenvalue weighted by Gasteiger charge is 2.64. The Morgan fingerprint density at radius 2 is 1.66 bits per heavy atom. The van der Waals surface area contributed by atoms with Gasteiger partial charge >= 0.3 is 0 Å². The smallest absolute Gasteiger partial charge is 0.269 e. The van der Waals surface area contributed by atoms with Gasteiger partial charge in [-0.15, -0.1) is 0 Å². The second-order valence-corrected chi connectivity index (χ2v) is 10.1. The molecule has 186 valence electrons. The number of allylic oxidation sites excluding steroid dienone is 1. The lowest BCUT2D eigenvalue weighted by molar-refractivity contribution is -0.384. The number of hydrogen-bond donors (Lipinski definition) is 1. The normalized spacial score (nSPS) is 21.4. The predicted molar refractivity (Wildman–Crippen MR) is 141 cm³/mol. The maximum atomic E-state index is 14.9. The maximum absolute atomic E-state index is 14.9. The summed E-state index contributed by atoms with van der Waals surface area (Å²) >= 11 is 6.12. The minimum Gasteiger partial charge on any atom is -0.354 e. The number of benzene rings is 3. The van der Waals surface area contributed by atoms with E-state index in [-0.39, 0.29) is 40.4 Å². The summed E-state index contributed by atoms with van der Waals surface area (Å²) < 4.78 is 0. The Kier molecular flexibility index (Phi) is 4.60. The van der Waals surface area contributed by atoms with Gasteiger partial charge in [-0.3, -0.25) is 29.4 Å². The van der Waals surface area contributed by atoms with Crippen LogP contribution in [0.3, 0.4) is 0 Å². The van der Waals surface area contributed by atoms with Gasteiger partial charge in [0.05, 0.1) is 10.6 Å². The molecule has 0 saturated heterocycles. The van der Waals surface area contributed by atoms with Gasteiger partial charge in [-0.2, -0.15) is 0 Å². The van der Waals surface area contributed by atoms with E-state index in [0.29, 0.717) is 51.8 Å². The number of non-ortho nitro benzene ring substituents is 1. The summed E-state index contributed by atoms with van der Waals surface area (Å²) in [5, 5.41) is 15.6. The molecule has 0 saturated carbocycles. The summed E-state index contributed by atoms with van der Waals surface area (Å²) in [6.45, 7) is 0. The van der Waals surface area contributed by atoms with E-state index in [1.54, 1.807) is 48.5 Å². The monoisotopic (exact) mass is 523 g/mol. The number of Topliss-reactive ketones (excluding diaryl/α,β-unsaturated/α-hetero) is 2. The molecule has 3 aromatic rings. The van der Waals surface area contributed by atoms with Crippen molar-refractivity contribution in [3.8, 4) is 0 Å². The van der Waals surface area contributed by atoms with Crippen molar-refractivity contribution in [2.24, 2.45) is 0 Å². The van der Waals surface area contributed by atoms with Gasteiger partial charge in [0.1, 0.15) is 5.41 Å². The molecule has 7 rings (SSSR count). The van der Waals surface area contributed by atoms with Crippen LogP contribution in [0.5, 0.6) is 0 Å². The van der Waals surface area contributed by atoms with Crippen LogP contribution >= 0.6 is 11.6 Å². The zero-order valence-corrected chi connectivity index (χ0v) is 20.5. The van der Waals surface area contributed by atoms with Gasteiger partial charge in [0, 0.05) is 68.5 Å². The van der Waals surface area contributed by atoms with Crippen LogP contribution in [0.2, 0.25) is 5.02 Å². The molecule has 1 amide bonds. The zero-order chi connectivity index (χ0) is 26.3. The van der Waals surface area contributed by atoms with E-state index in [2.05, 4.69) is 5.32 Å². The lowest BCUT2D eigenvalue weighted by Gasteiger charge is -2.37. The Labute approximate surface area is 221 Å². The van der Waals surface area contributed by atoms with Crippen LogP contribution in [0.15, 0.2) is 83.6 Å². The fraction of sp³-hybridized carbons (Fsp3) is 0.138. The summed E-state index contributed by atoms with van der Waals surface area (Å²) in [6, 6.07) is 17.9. The predicted octanol–water partition coefficient (Wildman–Crippen LogP) is 5.57. The van der Waals surface area contributed by atoms with Gasteiger partial charge in [-0.25, -0.2) is 0 Å². The molecule has 1 N–H and O–H groups in total. The molecule has 3 aromatic carbocycles. The number of halogens is 1. The molecular formula is C29H18ClN3O5. The zero-order valence-electron chi connectivity index (χ0n) is 19.8. The second-order valence-electron chi connectivity index (χ2n) is 9.70. The molecule has 0 aromatic heterocycles. The van der Waals surface area contributed by atoms with Gasteiger partial charge in [0.2, 0.25) is 0 Å². The average molecular weight is 524 g/mol. The van der Waals surface area contributed by atoms with Crippen molar-refractivity contribution in [1.29, 1.82) is 0 Å². The minimum absolute atomic E-state index is 0.135. The van der Waals surface area contributed by atoms with Crippen LogP contribution in [-0.2, 0) is 15.0 Å². The van der Waals surface area contributed by atoms with Crippen LogP contribution < -0.4 is 10.2 Å². The molecule has 9 heteroatoms. The topological polar surface area (TPSA) is 110 Å². The first kappa shape index (κ1) is 22.6. The summed E-state index contributed by atoms with van der Waals surface area (Å²) in [6.07, 6.45) is 1.20. The number of nitro benzene ring substituents is 1. The van der Waals surface area contributed by atoms with E-state index >= 15 is 0 Å². The van der Waals surface area contributed by atoms with Crippen LogP contribution in [0.4, 0.5) is 17.1 Å². The third-order valence-corrected chi connectivity index (χ3v) is 8.06. The van der Waals surface area contributed by atoms with Crippen molar-refractivity contribution >= 4 is 51.8 Å². The molecule has 0 fully saturated rings. The van der Waals surface area contributed by atoms with Gasteiger partial charge in [-0.05, 0) is 43.2 Å². The van der Waals surface area contributed by atoms with Crippen molar-refractivity contribution in [1.82, 2.24) is 0 Å². The number of ketones is 2. The van der Waals surface area contributed by atoms with Crippen molar-refractivity contribution in [2.75, 3.05) is 10.2 Å². The number of rotatable bonds is 2. The SMILES string of the molecule is O=C1CCCC2=C1C1(C(=O)N2c2ccc(Cl)cc2)C2=C(Nc3ccc([N+](=O)[O-])cc31)c1ccccc1C2=O. The Morgan fingerprint density at radius 1 is 0.921 bits per heavy atom. The molecule has 1 spiro atoms. The highest BCUT2D eigenvalue weighted by molar-refractivity contribution is 6.34. The Hall–Kier alpha value is -4.56. The first-order valence-corrected chi connectivity index (χ1v) is 12.5. The number of nitro groups is 1. The number of nitrogens with one attached hydrogen (secondary N) is 1. The molecule has 8 nitrogen and oxygen atoms in total. The quantitative estimate of drug-likeness (QED) is 0.347. The molecule has 2 aliphatic heterocycles.